The molecule has 1 aromatic heterocycles. The second kappa shape index (κ2) is 5.79. The molecule has 1 aromatic carbocycles. The Morgan fingerprint density at radius 1 is 1.30 bits per heavy atom. The Kier molecular flexibility index (Phi) is 3.90. The Morgan fingerprint density at radius 2 is 2.00 bits per heavy atom. The van der Waals surface area contributed by atoms with Gasteiger partial charge >= 0.3 is 11.8 Å². The maximum atomic E-state index is 10.8. The molecule has 0 saturated heterocycles. The van der Waals surface area contributed by atoms with E-state index in [-0.39, 0.29) is 23.7 Å². The minimum Gasteiger partial charge on any atom is -0.481 e. The van der Waals surface area contributed by atoms with Gasteiger partial charge in [-0.05, 0) is 39.7 Å². The van der Waals surface area contributed by atoms with E-state index in [0.29, 0.717) is 5.56 Å². The van der Waals surface area contributed by atoms with Gasteiger partial charge in [-0.1, -0.05) is 12.1 Å². The van der Waals surface area contributed by atoms with Crippen molar-refractivity contribution in [2.75, 3.05) is 0 Å². The fourth-order valence-corrected chi connectivity index (χ4v) is 1.54. The maximum absolute atomic E-state index is 10.8. The smallest absolute Gasteiger partial charge is 0.406 e. The Bertz CT molecular complexity index is 639. The summed E-state index contributed by atoms with van der Waals surface area (Å²) < 4.78 is 5.33. The van der Waals surface area contributed by atoms with Crippen molar-refractivity contribution in [2.24, 2.45) is 0 Å². The molecule has 2 rings (SSSR count). The number of rotatable bonds is 5. The Balaban J connectivity index is 2.09. The van der Waals surface area contributed by atoms with Gasteiger partial charge in [0.05, 0.1) is 5.56 Å². The average molecular weight is 274 g/mol. The highest BCUT2D eigenvalue weighted by molar-refractivity contribution is 5.87. The lowest BCUT2D eigenvalue weighted by Crippen LogP contribution is -2.01. The molecule has 0 spiro atoms. The summed E-state index contributed by atoms with van der Waals surface area (Å²) in [6.07, 6.45) is 1.31. The average Bonchev–Trinajstić information content (AvgIpc) is 2.45. The van der Waals surface area contributed by atoms with Crippen molar-refractivity contribution in [2.45, 2.75) is 6.61 Å². The van der Waals surface area contributed by atoms with Crippen LogP contribution in [0.25, 0.3) is 0 Å². The molecule has 0 atom stereocenters. The quantitative estimate of drug-likeness (QED) is 0.662. The summed E-state index contributed by atoms with van der Waals surface area (Å²) in [5.41, 5.74) is 0.870. The number of carboxylic acids is 1. The number of aromatic carboxylic acids is 1. The van der Waals surface area contributed by atoms with E-state index in [2.05, 4.69) is 4.98 Å². The van der Waals surface area contributed by atoms with Crippen LogP contribution in [0.2, 0.25) is 0 Å². The number of ether oxygens (including phenoxy) is 1. The van der Waals surface area contributed by atoms with Crippen molar-refractivity contribution >= 4 is 11.8 Å². The molecule has 20 heavy (non-hydrogen) atoms. The van der Waals surface area contributed by atoms with Crippen LogP contribution in [0.5, 0.6) is 5.75 Å². The molecule has 2 aromatic rings. The van der Waals surface area contributed by atoms with Crippen LogP contribution in [0, 0.1) is 10.1 Å². The third-order valence-corrected chi connectivity index (χ3v) is 2.52. The lowest BCUT2D eigenvalue weighted by Gasteiger charge is -2.06. The molecule has 0 amide bonds. The zero-order valence-electron chi connectivity index (χ0n) is 10.2. The van der Waals surface area contributed by atoms with Crippen LogP contribution in [-0.4, -0.2) is 21.0 Å². The van der Waals surface area contributed by atoms with Crippen molar-refractivity contribution in [1.29, 1.82) is 0 Å². The molecule has 0 aliphatic rings. The van der Waals surface area contributed by atoms with Gasteiger partial charge in [0.1, 0.15) is 12.8 Å². The topological polar surface area (TPSA) is 103 Å². The first-order valence-corrected chi connectivity index (χ1v) is 5.62. The molecule has 0 radical (unpaired) electrons. The van der Waals surface area contributed by atoms with Gasteiger partial charge in [0.25, 0.3) is 0 Å². The number of nitro groups is 1. The summed E-state index contributed by atoms with van der Waals surface area (Å²) >= 11 is 0. The summed E-state index contributed by atoms with van der Waals surface area (Å²) in [7, 11) is 0. The van der Waals surface area contributed by atoms with Crippen LogP contribution in [0.3, 0.4) is 0 Å². The predicted octanol–water partition coefficient (Wildman–Crippen LogP) is 2.27. The second-order valence-electron chi connectivity index (χ2n) is 3.87. The number of nitrogens with zero attached hydrogens (tertiary/aromatic N) is 2. The third kappa shape index (κ3) is 3.08. The van der Waals surface area contributed by atoms with Crippen molar-refractivity contribution in [1.82, 2.24) is 4.98 Å². The Morgan fingerprint density at radius 3 is 2.60 bits per heavy atom. The minimum atomic E-state index is -1.01. The monoisotopic (exact) mass is 274 g/mol. The predicted molar refractivity (Wildman–Crippen MR) is 68.6 cm³/mol. The molecule has 102 valence electrons. The van der Waals surface area contributed by atoms with Crippen molar-refractivity contribution in [3.63, 3.8) is 0 Å². The van der Waals surface area contributed by atoms with Crippen LogP contribution in [0.4, 0.5) is 5.82 Å². The molecular weight excluding hydrogens is 264 g/mol. The summed E-state index contributed by atoms with van der Waals surface area (Å²) in [6, 6.07) is 9.06. The first-order valence-electron chi connectivity index (χ1n) is 5.62. The van der Waals surface area contributed by atoms with E-state index >= 15 is 0 Å². The third-order valence-electron chi connectivity index (χ3n) is 2.52. The molecule has 0 aliphatic carbocycles. The standard InChI is InChI=1S/C13H10N2O5/c16-13(17)10-5-3-9(4-6-10)8-20-11-2-1-7-14-12(11)15(18)19/h1-7H,8H2,(H,16,17). The van der Waals surface area contributed by atoms with Crippen LogP contribution in [0.15, 0.2) is 42.6 Å². The summed E-state index contributed by atoms with van der Waals surface area (Å²) in [5, 5.41) is 19.5. The van der Waals surface area contributed by atoms with Crippen LogP contribution in [-0.2, 0) is 6.61 Å². The zero-order valence-corrected chi connectivity index (χ0v) is 10.2. The van der Waals surface area contributed by atoms with Crippen molar-refractivity contribution in [3.8, 4) is 5.75 Å². The molecule has 7 nitrogen and oxygen atoms in total. The van der Waals surface area contributed by atoms with Crippen LogP contribution in [0.1, 0.15) is 15.9 Å². The summed E-state index contributed by atoms with van der Waals surface area (Å²) in [5.74, 6) is -1.30. The fourth-order valence-electron chi connectivity index (χ4n) is 1.54. The number of carboxylic acid groups (broad SMARTS) is 1. The van der Waals surface area contributed by atoms with Gasteiger partial charge in [0, 0.05) is 0 Å². The molecule has 0 unspecified atom stereocenters. The Labute approximate surface area is 113 Å². The van der Waals surface area contributed by atoms with E-state index < -0.39 is 10.9 Å². The van der Waals surface area contributed by atoms with Gasteiger partial charge < -0.3 is 20.0 Å². The maximum Gasteiger partial charge on any atom is 0.406 e. The highest BCUT2D eigenvalue weighted by Gasteiger charge is 2.15. The first-order chi connectivity index (χ1) is 9.58. The number of aromatic nitrogens is 1. The molecule has 0 fully saturated rings. The van der Waals surface area contributed by atoms with Gasteiger partial charge in [-0.15, -0.1) is 0 Å². The van der Waals surface area contributed by atoms with Gasteiger partial charge in [0.2, 0.25) is 5.75 Å². The number of hydrogen-bond acceptors (Lipinski definition) is 5. The SMILES string of the molecule is O=C(O)c1ccc(COc2cccnc2[N+](=O)[O-])cc1. The highest BCUT2D eigenvalue weighted by Crippen LogP contribution is 2.23. The lowest BCUT2D eigenvalue weighted by molar-refractivity contribution is -0.390. The molecule has 0 saturated carbocycles. The normalized spacial score (nSPS) is 10.0. The summed E-state index contributed by atoms with van der Waals surface area (Å²) in [6.45, 7) is 0.0897. The van der Waals surface area contributed by atoms with Crippen molar-refractivity contribution in [3.05, 3.63) is 63.8 Å². The van der Waals surface area contributed by atoms with E-state index in [4.69, 9.17) is 9.84 Å². The number of carbonyl (C=O) groups is 1. The number of benzene rings is 1. The highest BCUT2D eigenvalue weighted by atomic mass is 16.6. The molecule has 1 heterocycles. The van der Waals surface area contributed by atoms with Crippen LogP contribution >= 0.6 is 0 Å². The molecular formula is C13H10N2O5. The van der Waals surface area contributed by atoms with E-state index in [9.17, 15) is 14.9 Å². The largest absolute Gasteiger partial charge is 0.481 e. The summed E-state index contributed by atoms with van der Waals surface area (Å²) in [4.78, 5) is 24.5. The Hall–Kier alpha value is -2.96. The lowest BCUT2D eigenvalue weighted by atomic mass is 10.1. The molecule has 0 bridgehead atoms. The van der Waals surface area contributed by atoms with Gasteiger partial charge in [0.15, 0.2) is 0 Å². The minimum absolute atomic E-state index is 0.0693. The second-order valence-corrected chi connectivity index (χ2v) is 3.87. The number of hydrogen-bond donors (Lipinski definition) is 1. The molecule has 7 heteroatoms. The van der Waals surface area contributed by atoms with Gasteiger partial charge in [-0.2, -0.15) is 0 Å². The van der Waals surface area contributed by atoms with Crippen LogP contribution < -0.4 is 4.74 Å². The fraction of sp³-hybridized carbons (Fsp3) is 0.0769. The van der Waals surface area contributed by atoms with E-state index in [1.165, 1.54) is 30.5 Å². The van der Waals surface area contributed by atoms with E-state index in [0.717, 1.165) is 0 Å². The zero-order chi connectivity index (χ0) is 14.5. The van der Waals surface area contributed by atoms with E-state index in [1.54, 1.807) is 12.1 Å². The van der Waals surface area contributed by atoms with Gasteiger partial charge in [-0.3, -0.25) is 0 Å². The van der Waals surface area contributed by atoms with Gasteiger partial charge in [-0.25, -0.2) is 4.79 Å². The number of pyridine rings is 1. The molecule has 1 N–H and O–H groups in total. The van der Waals surface area contributed by atoms with Crippen molar-refractivity contribution < 1.29 is 19.6 Å². The van der Waals surface area contributed by atoms with E-state index in [1.807, 2.05) is 0 Å². The molecule has 0 aliphatic heterocycles. The first kappa shape index (κ1) is 13.5.